The van der Waals surface area contributed by atoms with Gasteiger partial charge < -0.3 is 10.2 Å². The highest BCUT2D eigenvalue weighted by Crippen LogP contribution is 2.30. The van der Waals surface area contributed by atoms with Gasteiger partial charge in [0.05, 0.1) is 6.10 Å². The molecule has 2 heteroatoms. The fourth-order valence-corrected chi connectivity index (χ4v) is 1.91. The molecule has 70 valence electrons. The van der Waals surface area contributed by atoms with Crippen LogP contribution >= 0.6 is 0 Å². The summed E-state index contributed by atoms with van der Waals surface area (Å²) in [7, 11) is 0. The summed E-state index contributed by atoms with van der Waals surface area (Å²) >= 11 is 0. The Hall–Kier alpha value is -0.340. The average Bonchev–Trinajstić information content (AvgIpc) is 2.04. The molecule has 12 heavy (non-hydrogen) atoms. The monoisotopic (exact) mass is 170 g/mol. The second-order valence-corrected chi connectivity index (χ2v) is 3.85. The van der Waals surface area contributed by atoms with Crippen molar-refractivity contribution in [3.8, 4) is 0 Å². The molecule has 0 saturated heterocycles. The third-order valence-corrected chi connectivity index (χ3v) is 2.71. The van der Waals surface area contributed by atoms with E-state index in [2.05, 4.69) is 13.0 Å². The molecule has 2 N–H and O–H groups in total. The van der Waals surface area contributed by atoms with Crippen LogP contribution in [0.25, 0.3) is 0 Å². The first kappa shape index (κ1) is 9.75. The molecule has 0 aromatic carbocycles. The normalized spacial score (nSPS) is 38.2. The zero-order chi connectivity index (χ0) is 9.14. The van der Waals surface area contributed by atoms with Crippen LogP contribution in [0.15, 0.2) is 12.2 Å². The Balaban J connectivity index is 2.64. The summed E-state index contributed by atoms with van der Waals surface area (Å²) in [4.78, 5) is 0. The van der Waals surface area contributed by atoms with Crippen molar-refractivity contribution in [2.24, 2.45) is 17.8 Å². The van der Waals surface area contributed by atoms with Crippen LogP contribution in [-0.2, 0) is 0 Å². The molecule has 1 unspecified atom stereocenters. The van der Waals surface area contributed by atoms with Crippen molar-refractivity contribution in [3.63, 3.8) is 0 Å². The van der Waals surface area contributed by atoms with Crippen molar-refractivity contribution in [2.45, 2.75) is 26.4 Å². The molecule has 0 bridgehead atoms. The molecule has 0 radical (unpaired) electrons. The third kappa shape index (κ3) is 2.08. The standard InChI is InChI=1S/C10H18O2/c1-7-3-4-9(6-11)10(5-7)8(2)12/h3-4,7-12H,5-6H2,1-2H3/t7-,8?,9-,10+/m0/s1. The minimum Gasteiger partial charge on any atom is -0.396 e. The van der Waals surface area contributed by atoms with Gasteiger partial charge in [-0.1, -0.05) is 19.1 Å². The Morgan fingerprint density at radius 3 is 2.67 bits per heavy atom. The van der Waals surface area contributed by atoms with E-state index in [1.807, 2.05) is 6.08 Å². The Bertz CT molecular complexity index is 163. The van der Waals surface area contributed by atoms with E-state index in [1.165, 1.54) is 0 Å². The third-order valence-electron chi connectivity index (χ3n) is 2.71. The number of aliphatic hydroxyl groups is 2. The van der Waals surface area contributed by atoms with Crippen LogP contribution in [0.4, 0.5) is 0 Å². The SMILES string of the molecule is CC(O)[C@H]1C[C@@H](C)C=C[C@H]1CO. The van der Waals surface area contributed by atoms with Crippen LogP contribution in [0, 0.1) is 17.8 Å². The predicted molar refractivity (Wildman–Crippen MR) is 48.7 cm³/mol. The largest absolute Gasteiger partial charge is 0.396 e. The molecule has 0 aromatic rings. The lowest BCUT2D eigenvalue weighted by atomic mass is 9.77. The van der Waals surface area contributed by atoms with Crippen molar-refractivity contribution in [3.05, 3.63) is 12.2 Å². The number of rotatable bonds is 2. The predicted octanol–water partition coefficient (Wildman–Crippen LogP) is 1.19. The maximum absolute atomic E-state index is 9.45. The summed E-state index contributed by atoms with van der Waals surface area (Å²) in [6.45, 7) is 4.09. The molecular weight excluding hydrogens is 152 g/mol. The summed E-state index contributed by atoms with van der Waals surface area (Å²) < 4.78 is 0. The summed E-state index contributed by atoms with van der Waals surface area (Å²) in [6.07, 6.45) is 4.83. The molecule has 0 amide bonds. The van der Waals surface area contributed by atoms with Gasteiger partial charge in [-0.2, -0.15) is 0 Å². The summed E-state index contributed by atoms with van der Waals surface area (Å²) in [5.74, 6) is 0.920. The minimum atomic E-state index is -0.311. The van der Waals surface area contributed by atoms with Gasteiger partial charge >= 0.3 is 0 Å². The van der Waals surface area contributed by atoms with E-state index < -0.39 is 0 Å². The van der Waals surface area contributed by atoms with Crippen molar-refractivity contribution in [1.82, 2.24) is 0 Å². The van der Waals surface area contributed by atoms with Crippen LogP contribution in [0.5, 0.6) is 0 Å². The van der Waals surface area contributed by atoms with Crippen LogP contribution < -0.4 is 0 Å². The first-order valence-electron chi connectivity index (χ1n) is 4.62. The maximum atomic E-state index is 9.45. The Morgan fingerprint density at radius 2 is 2.17 bits per heavy atom. The summed E-state index contributed by atoms with van der Waals surface area (Å²) in [6, 6.07) is 0. The van der Waals surface area contributed by atoms with Crippen LogP contribution in [0.2, 0.25) is 0 Å². The summed E-state index contributed by atoms with van der Waals surface area (Å²) in [5.41, 5.74) is 0. The van der Waals surface area contributed by atoms with E-state index in [0.717, 1.165) is 6.42 Å². The maximum Gasteiger partial charge on any atom is 0.0546 e. The van der Waals surface area contributed by atoms with Gasteiger partial charge in [0.15, 0.2) is 0 Å². The van der Waals surface area contributed by atoms with E-state index in [4.69, 9.17) is 5.11 Å². The number of aliphatic hydroxyl groups excluding tert-OH is 2. The first-order chi connectivity index (χ1) is 5.65. The van der Waals surface area contributed by atoms with E-state index in [9.17, 15) is 5.11 Å². The number of hydrogen-bond donors (Lipinski definition) is 2. The lowest BCUT2D eigenvalue weighted by Gasteiger charge is -2.31. The highest BCUT2D eigenvalue weighted by molar-refractivity contribution is 5.01. The zero-order valence-corrected chi connectivity index (χ0v) is 7.77. The van der Waals surface area contributed by atoms with Crippen molar-refractivity contribution >= 4 is 0 Å². The van der Waals surface area contributed by atoms with Crippen LogP contribution in [0.1, 0.15) is 20.3 Å². The summed E-state index contributed by atoms with van der Waals surface area (Å²) in [5, 5.41) is 18.5. The number of allylic oxidation sites excluding steroid dienone is 1. The van der Waals surface area contributed by atoms with Gasteiger partial charge in [0, 0.05) is 12.5 Å². The lowest BCUT2D eigenvalue weighted by molar-refractivity contribution is 0.0619. The van der Waals surface area contributed by atoms with Gasteiger partial charge in [-0.3, -0.25) is 0 Å². The van der Waals surface area contributed by atoms with Gasteiger partial charge in [-0.25, -0.2) is 0 Å². The number of hydrogen-bond acceptors (Lipinski definition) is 2. The van der Waals surface area contributed by atoms with Gasteiger partial charge in [0.25, 0.3) is 0 Å². The molecule has 0 saturated carbocycles. The quantitative estimate of drug-likeness (QED) is 0.611. The highest BCUT2D eigenvalue weighted by atomic mass is 16.3. The fourth-order valence-electron chi connectivity index (χ4n) is 1.91. The minimum absolute atomic E-state index is 0.152. The molecule has 0 fully saturated rings. The Kier molecular flexibility index (Phi) is 3.29. The van der Waals surface area contributed by atoms with E-state index in [1.54, 1.807) is 6.92 Å². The second kappa shape index (κ2) is 4.06. The fraction of sp³-hybridized carbons (Fsp3) is 0.800. The van der Waals surface area contributed by atoms with Crippen LogP contribution in [0.3, 0.4) is 0 Å². The Labute approximate surface area is 73.9 Å². The molecule has 1 aliphatic rings. The molecule has 1 rings (SSSR count). The van der Waals surface area contributed by atoms with Gasteiger partial charge in [0.2, 0.25) is 0 Å². The Morgan fingerprint density at radius 1 is 1.50 bits per heavy atom. The van der Waals surface area contributed by atoms with Gasteiger partial charge in [-0.15, -0.1) is 0 Å². The van der Waals surface area contributed by atoms with Gasteiger partial charge in [-0.05, 0) is 25.2 Å². The van der Waals surface area contributed by atoms with E-state index >= 15 is 0 Å². The molecule has 0 aliphatic heterocycles. The van der Waals surface area contributed by atoms with E-state index in [0.29, 0.717) is 5.92 Å². The topological polar surface area (TPSA) is 40.5 Å². The van der Waals surface area contributed by atoms with Crippen molar-refractivity contribution in [1.29, 1.82) is 0 Å². The lowest BCUT2D eigenvalue weighted by Crippen LogP contribution is -2.30. The van der Waals surface area contributed by atoms with Crippen molar-refractivity contribution < 1.29 is 10.2 Å². The molecule has 4 atom stereocenters. The zero-order valence-electron chi connectivity index (χ0n) is 7.77. The highest BCUT2D eigenvalue weighted by Gasteiger charge is 2.27. The molecule has 2 nitrogen and oxygen atoms in total. The van der Waals surface area contributed by atoms with E-state index in [-0.39, 0.29) is 24.5 Å². The van der Waals surface area contributed by atoms with Crippen molar-refractivity contribution in [2.75, 3.05) is 6.61 Å². The van der Waals surface area contributed by atoms with Crippen LogP contribution in [-0.4, -0.2) is 22.9 Å². The molecule has 0 spiro atoms. The molecule has 1 aliphatic carbocycles. The molecule has 0 heterocycles. The molecular formula is C10H18O2. The van der Waals surface area contributed by atoms with Gasteiger partial charge in [0.1, 0.15) is 0 Å². The smallest absolute Gasteiger partial charge is 0.0546 e. The average molecular weight is 170 g/mol. The second-order valence-electron chi connectivity index (χ2n) is 3.85. The molecule has 0 aromatic heterocycles. The first-order valence-corrected chi connectivity index (χ1v) is 4.62.